The van der Waals surface area contributed by atoms with Gasteiger partial charge < -0.3 is 9.64 Å². The molecule has 1 fully saturated rings. The van der Waals surface area contributed by atoms with Gasteiger partial charge in [0.05, 0.1) is 12.0 Å². The molecule has 1 saturated heterocycles. The van der Waals surface area contributed by atoms with Crippen molar-refractivity contribution < 1.29 is 17.9 Å². The number of carbonyl (C=O) groups excluding carboxylic acids is 1. The second-order valence-electron chi connectivity index (χ2n) is 6.29. The van der Waals surface area contributed by atoms with Crippen molar-refractivity contribution >= 4 is 33.6 Å². The number of ether oxygens (including phenoxy) is 1. The Balaban J connectivity index is 1.59. The van der Waals surface area contributed by atoms with E-state index in [1.54, 1.807) is 30.2 Å². The third kappa shape index (κ3) is 4.73. The van der Waals surface area contributed by atoms with E-state index in [1.807, 2.05) is 24.3 Å². The zero-order valence-corrected chi connectivity index (χ0v) is 17.0. The van der Waals surface area contributed by atoms with Crippen LogP contribution in [0.4, 0.5) is 0 Å². The molecule has 1 aliphatic rings. The number of hydrogen-bond donors (Lipinski definition) is 0. The highest BCUT2D eigenvalue weighted by Gasteiger charge is 2.29. The highest BCUT2D eigenvalue weighted by atomic mass is 35.5. The molecule has 0 unspecified atom stereocenters. The number of benzene rings is 2. The van der Waals surface area contributed by atoms with E-state index in [9.17, 15) is 13.2 Å². The molecule has 2 aromatic carbocycles. The van der Waals surface area contributed by atoms with E-state index in [-0.39, 0.29) is 23.9 Å². The number of carbonyl (C=O) groups is 1. The van der Waals surface area contributed by atoms with Crippen LogP contribution in [0.15, 0.2) is 59.5 Å². The standard InChI is InChI=1S/C20H21ClN2O4S/c1-27-18-8-5-16(6-9-18)7-10-20(24)22-11-13-23(14-12-22)28(25,26)19-4-2-3-17(21)15-19/h2-10,15H,11-14H2,1H3/b10-7+. The van der Waals surface area contributed by atoms with Gasteiger partial charge >= 0.3 is 0 Å². The number of methoxy groups -OCH3 is 1. The Morgan fingerprint density at radius 1 is 1.07 bits per heavy atom. The Hall–Kier alpha value is -2.35. The van der Waals surface area contributed by atoms with Crippen LogP contribution < -0.4 is 4.74 Å². The summed E-state index contributed by atoms with van der Waals surface area (Å²) in [4.78, 5) is 14.2. The summed E-state index contributed by atoms with van der Waals surface area (Å²) in [7, 11) is -2.02. The molecule has 6 nitrogen and oxygen atoms in total. The quantitative estimate of drug-likeness (QED) is 0.697. The molecule has 1 amide bonds. The van der Waals surface area contributed by atoms with Gasteiger partial charge in [0.1, 0.15) is 5.75 Å². The summed E-state index contributed by atoms with van der Waals surface area (Å²) in [6, 6.07) is 13.6. The average molecular weight is 421 g/mol. The molecule has 0 aromatic heterocycles. The van der Waals surface area contributed by atoms with E-state index in [0.717, 1.165) is 11.3 Å². The molecule has 1 aliphatic heterocycles. The average Bonchev–Trinajstić information content (AvgIpc) is 2.72. The summed E-state index contributed by atoms with van der Waals surface area (Å²) in [6.07, 6.45) is 3.24. The lowest BCUT2D eigenvalue weighted by atomic mass is 10.2. The second kappa shape index (κ2) is 8.77. The maximum Gasteiger partial charge on any atom is 0.246 e. The Morgan fingerprint density at radius 2 is 1.75 bits per heavy atom. The Morgan fingerprint density at radius 3 is 2.36 bits per heavy atom. The maximum atomic E-state index is 12.7. The topological polar surface area (TPSA) is 66.9 Å². The van der Waals surface area contributed by atoms with Gasteiger partial charge in [-0.1, -0.05) is 29.8 Å². The minimum atomic E-state index is -3.61. The fraction of sp³-hybridized carbons (Fsp3) is 0.250. The van der Waals surface area contributed by atoms with E-state index in [0.29, 0.717) is 18.1 Å². The molecule has 0 spiro atoms. The van der Waals surface area contributed by atoms with Gasteiger partial charge in [0.25, 0.3) is 0 Å². The number of piperazine rings is 1. The lowest BCUT2D eigenvalue weighted by Crippen LogP contribution is -2.50. The van der Waals surface area contributed by atoms with Crippen LogP contribution in [0, 0.1) is 0 Å². The molecule has 0 radical (unpaired) electrons. The molecule has 1 heterocycles. The molecule has 0 N–H and O–H groups in total. The summed E-state index contributed by atoms with van der Waals surface area (Å²) in [6.45, 7) is 1.17. The number of halogens is 1. The largest absolute Gasteiger partial charge is 0.497 e. The minimum Gasteiger partial charge on any atom is -0.497 e. The molecule has 3 rings (SSSR count). The predicted octanol–water partition coefficient (Wildman–Crippen LogP) is 2.89. The summed E-state index contributed by atoms with van der Waals surface area (Å²) >= 11 is 5.91. The first-order valence-electron chi connectivity index (χ1n) is 8.77. The molecule has 0 aliphatic carbocycles. The van der Waals surface area contributed by atoms with Crippen molar-refractivity contribution in [3.8, 4) is 5.75 Å². The molecule has 8 heteroatoms. The van der Waals surface area contributed by atoms with Crippen molar-refractivity contribution in [1.82, 2.24) is 9.21 Å². The van der Waals surface area contributed by atoms with Gasteiger partial charge in [0.2, 0.25) is 15.9 Å². The van der Waals surface area contributed by atoms with Crippen LogP contribution >= 0.6 is 11.6 Å². The number of sulfonamides is 1. The van der Waals surface area contributed by atoms with E-state index >= 15 is 0 Å². The molecule has 0 atom stereocenters. The van der Waals surface area contributed by atoms with E-state index in [1.165, 1.54) is 22.5 Å². The van der Waals surface area contributed by atoms with Crippen LogP contribution in [0.25, 0.3) is 6.08 Å². The first-order valence-corrected chi connectivity index (χ1v) is 10.6. The van der Waals surface area contributed by atoms with Gasteiger partial charge in [-0.25, -0.2) is 8.42 Å². The summed E-state index contributed by atoms with van der Waals surface area (Å²) in [5.41, 5.74) is 0.885. The van der Waals surface area contributed by atoms with Crippen molar-refractivity contribution in [3.63, 3.8) is 0 Å². The third-order valence-corrected chi connectivity index (χ3v) is 6.65. The van der Waals surface area contributed by atoms with Gasteiger partial charge in [0, 0.05) is 37.3 Å². The third-order valence-electron chi connectivity index (χ3n) is 4.52. The van der Waals surface area contributed by atoms with Crippen LogP contribution in [0.2, 0.25) is 5.02 Å². The monoisotopic (exact) mass is 420 g/mol. The van der Waals surface area contributed by atoms with Crippen molar-refractivity contribution in [2.45, 2.75) is 4.90 Å². The summed E-state index contributed by atoms with van der Waals surface area (Å²) in [5.74, 6) is 0.608. The van der Waals surface area contributed by atoms with E-state index in [2.05, 4.69) is 0 Å². The molecule has 148 valence electrons. The molecule has 28 heavy (non-hydrogen) atoms. The van der Waals surface area contributed by atoms with Gasteiger partial charge in [-0.05, 0) is 42.0 Å². The summed E-state index contributed by atoms with van der Waals surface area (Å²) < 4.78 is 31.9. The Bertz CT molecular complexity index is 966. The summed E-state index contributed by atoms with van der Waals surface area (Å²) in [5, 5.41) is 0.374. The zero-order chi connectivity index (χ0) is 20.1. The van der Waals surface area contributed by atoms with Crippen LogP contribution in [0.5, 0.6) is 5.75 Å². The van der Waals surface area contributed by atoms with Crippen LogP contribution in [-0.4, -0.2) is 56.8 Å². The van der Waals surface area contributed by atoms with Gasteiger partial charge in [-0.2, -0.15) is 4.31 Å². The van der Waals surface area contributed by atoms with E-state index < -0.39 is 10.0 Å². The van der Waals surface area contributed by atoms with Crippen LogP contribution in [0.3, 0.4) is 0 Å². The number of nitrogens with zero attached hydrogens (tertiary/aromatic N) is 2. The highest BCUT2D eigenvalue weighted by molar-refractivity contribution is 7.89. The van der Waals surface area contributed by atoms with Crippen molar-refractivity contribution in [2.75, 3.05) is 33.3 Å². The van der Waals surface area contributed by atoms with Crippen molar-refractivity contribution in [3.05, 3.63) is 65.2 Å². The van der Waals surface area contributed by atoms with Crippen molar-refractivity contribution in [2.24, 2.45) is 0 Å². The van der Waals surface area contributed by atoms with Gasteiger partial charge in [0.15, 0.2) is 0 Å². The number of amides is 1. The van der Waals surface area contributed by atoms with E-state index in [4.69, 9.17) is 16.3 Å². The Labute approximate surface area is 170 Å². The molecule has 2 aromatic rings. The molecule has 0 bridgehead atoms. The number of hydrogen-bond acceptors (Lipinski definition) is 4. The predicted molar refractivity (Wildman–Crippen MR) is 109 cm³/mol. The SMILES string of the molecule is COc1ccc(/C=C/C(=O)N2CCN(S(=O)(=O)c3cccc(Cl)c3)CC2)cc1. The molecule has 0 saturated carbocycles. The second-order valence-corrected chi connectivity index (χ2v) is 8.67. The fourth-order valence-electron chi connectivity index (χ4n) is 2.91. The normalized spacial score (nSPS) is 15.7. The minimum absolute atomic E-state index is 0.143. The zero-order valence-electron chi connectivity index (χ0n) is 15.4. The maximum absolute atomic E-state index is 12.7. The lowest BCUT2D eigenvalue weighted by molar-refractivity contribution is -0.127. The Kier molecular flexibility index (Phi) is 6.39. The van der Waals surface area contributed by atoms with Crippen molar-refractivity contribution in [1.29, 1.82) is 0 Å². The highest BCUT2D eigenvalue weighted by Crippen LogP contribution is 2.21. The van der Waals surface area contributed by atoms with Crippen LogP contribution in [-0.2, 0) is 14.8 Å². The van der Waals surface area contributed by atoms with Gasteiger partial charge in [-0.15, -0.1) is 0 Å². The first-order chi connectivity index (χ1) is 13.4. The first kappa shape index (κ1) is 20.4. The fourth-order valence-corrected chi connectivity index (χ4v) is 4.64. The smallest absolute Gasteiger partial charge is 0.246 e. The molecular formula is C20H21ClN2O4S. The lowest BCUT2D eigenvalue weighted by Gasteiger charge is -2.33. The number of rotatable bonds is 5. The van der Waals surface area contributed by atoms with Crippen LogP contribution in [0.1, 0.15) is 5.56 Å². The van der Waals surface area contributed by atoms with Gasteiger partial charge in [-0.3, -0.25) is 4.79 Å². The molecular weight excluding hydrogens is 400 g/mol.